The first-order chi connectivity index (χ1) is 9.90. The Balaban J connectivity index is 2.44. The number of ether oxygens (including phenoxy) is 1. The van der Waals surface area contributed by atoms with Gasteiger partial charge in [-0.05, 0) is 31.4 Å². The molecule has 1 N–H and O–H groups in total. The van der Waals surface area contributed by atoms with Crippen LogP contribution in [0.1, 0.15) is 30.9 Å². The molecule has 1 saturated heterocycles. The Hall–Kier alpha value is -1.56. The summed E-state index contributed by atoms with van der Waals surface area (Å²) in [6.07, 6.45) is -3.64. The van der Waals surface area contributed by atoms with Crippen molar-refractivity contribution in [3.8, 4) is 0 Å². The zero-order valence-electron chi connectivity index (χ0n) is 11.8. The van der Waals surface area contributed by atoms with Crippen molar-refractivity contribution in [2.24, 2.45) is 0 Å². The predicted molar refractivity (Wildman–Crippen MR) is 71.9 cm³/mol. The van der Waals surface area contributed by atoms with E-state index in [1.165, 1.54) is 6.07 Å². The van der Waals surface area contributed by atoms with Gasteiger partial charge in [-0.2, -0.15) is 13.2 Å². The molecule has 1 heterocycles. The number of hydrogen-bond donors (Lipinski definition) is 1. The molecule has 1 fully saturated rings. The van der Waals surface area contributed by atoms with Crippen molar-refractivity contribution < 1.29 is 22.7 Å². The molecular weight excluding hydrogens is 283 g/mol. The summed E-state index contributed by atoms with van der Waals surface area (Å²) in [5.74, 6) is -0.229. The lowest BCUT2D eigenvalue weighted by molar-refractivity contribution is -0.138. The van der Waals surface area contributed by atoms with Gasteiger partial charge in [-0.25, -0.2) is 0 Å². The molecule has 1 aliphatic rings. The largest absolute Gasteiger partial charge is 0.416 e. The van der Waals surface area contributed by atoms with Crippen LogP contribution in [0, 0.1) is 0 Å². The number of likely N-dealkylation sites (N-methyl/N-ethyl adjacent to an activating group) is 1. The fraction of sp³-hybridized carbons (Fsp3) is 0.533. The number of alkyl halides is 3. The zero-order valence-corrected chi connectivity index (χ0v) is 11.8. The third-order valence-electron chi connectivity index (χ3n) is 3.86. The van der Waals surface area contributed by atoms with Crippen LogP contribution in [0.2, 0.25) is 0 Å². The smallest absolute Gasteiger partial charge is 0.381 e. The third kappa shape index (κ3) is 3.20. The molecule has 0 saturated carbocycles. The minimum Gasteiger partial charge on any atom is -0.381 e. The Morgan fingerprint density at radius 3 is 2.57 bits per heavy atom. The number of rotatable bonds is 3. The monoisotopic (exact) mass is 301 g/mol. The Bertz CT molecular complexity index is 508. The van der Waals surface area contributed by atoms with Crippen molar-refractivity contribution in [2.75, 3.05) is 19.8 Å². The maximum Gasteiger partial charge on any atom is 0.416 e. The van der Waals surface area contributed by atoms with E-state index in [0.717, 1.165) is 12.1 Å². The molecule has 0 atom stereocenters. The number of carbonyl (C=O) groups excluding carboxylic acids is 1. The minimum absolute atomic E-state index is 0.229. The van der Waals surface area contributed by atoms with Gasteiger partial charge in [0.25, 0.3) is 0 Å². The van der Waals surface area contributed by atoms with Gasteiger partial charge >= 0.3 is 6.18 Å². The summed E-state index contributed by atoms with van der Waals surface area (Å²) in [6, 6.07) is 5.05. The van der Waals surface area contributed by atoms with E-state index < -0.39 is 17.2 Å². The molecule has 1 aromatic rings. The zero-order chi connectivity index (χ0) is 15.5. The van der Waals surface area contributed by atoms with E-state index in [2.05, 4.69) is 5.32 Å². The second kappa shape index (κ2) is 6.05. The highest BCUT2D eigenvalue weighted by atomic mass is 19.4. The van der Waals surface area contributed by atoms with Gasteiger partial charge in [0.2, 0.25) is 5.91 Å². The predicted octanol–water partition coefficient (Wildman–Crippen LogP) is 2.89. The van der Waals surface area contributed by atoms with E-state index in [0.29, 0.717) is 38.2 Å². The van der Waals surface area contributed by atoms with Crippen LogP contribution in [0.4, 0.5) is 13.2 Å². The van der Waals surface area contributed by atoms with Crippen LogP contribution in [0.25, 0.3) is 0 Å². The highest BCUT2D eigenvalue weighted by Crippen LogP contribution is 2.38. The van der Waals surface area contributed by atoms with Crippen LogP contribution in [0.15, 0.2) is 24.3 Å². The van der Waals surface area contributed by atoms with E-state index in [4.69, 9.17) is 4.74 Å². The molecule has 0 aliphatic carbocycles. The van der Waals surface area contributed by atoms with Gasteiger partial charge in [0.15, 0.2) is 0 Å². The second-order valence-electron chi connectivity index (χ2n) is 5.13. The number of benzene rings is 1. The summed E-state index contributed by atoms with van der Waals surface area (Å²) in [7, 11) is 0. The van der Waals surface area contributed by atoms with Crippen LogP contribution in [0.5, 0.6) is 0 Å². The molecule has 1 amide bonds. The summed E-state index contributed by atoms with van der Waals surface area (Å²) in [4.78, 5) is 12.4. The lowest BCUT2D eigenvalue weighted by Gasteiger charge is -2.36. The van der Waals surface area contributed by atoms with Crippen molar-refractivity contribution in [1.29, 1.82) is 0 Å². The summed E-state index contributed by atoms with van der Waals surface area (Å²) < 4.78 is 43.9. The molecule has 116 valence electrons. The lowest BCUT2D eigenvalue weighted by atomic mass is 9.73. The van der Waals surface area contributed by atoms with Crippen LogP contribution < -0.4 is 5.32 Å². The van der Waals surface area contributed by atoms with Crippen molar-refractivity contribution >= 4 is 5.91 Å². The quantitative estimate of drug-likeness (QED) is 0.932. The maximum atomic E-state index is 12.9. The molecule has 2 rings (SSSR count). The van der Waals surface area contributed by atoms with E-state index in [9.17, 15) is 18.0 Å². The number of halogens is 3. The highest BCUT2D eigenvalue weighted by molar-refractivity contribution is 5.88. The highest BCUT2D eigenvalue weighted by Gasteiger charge is 2.42. The van der Waals surface area contributed by atoms with Crippen molar-refractivity contribution in [1.82, 2.24) is 5.32 Å². The normalized spacial score (nSPS) is 18.3. The number of carbonyl (C=O) groups is 1. The van der Waals surface area contributed by atoms with Crippen LogP contribution in [-0.4, -0.2) is 25.7 Å². The van der Waals surface area contributed by atoms with Crippen molar-refractivity contribution in [3.05, 3.63) is 35.4 Å². The number of nitrogens with one attached hydrogen (secondary N) is 1. The van der Waals surface area contributed by atoms with Crippen LogP contribution in [0.3, 0.4) is 0 Å². The van der Waals surface area contributed by atoms with Gasteiger partial charge in [-0.1, -0.05) is 18.2 Å². The lowest BCUT2D eigenvalue weighted by Crippen LogP contribution is -2.48. The van der Waals surface area contributed by atoms with Gasteiger partial charge in [-0.3, -0.25) is 4.79 Å². The van der Waals surface area contributed by atoms with Crippen molar-refractivity contribution in [3.63, 3.8) is 0 Å². The molecule has 0 radical (unpaired) electrons. The standard InChI is InChI=1S/C15H18F3NO2/c1-2-19-13(20)14(6-8-21-9-7-14)11-4-3-5-12(10-11)15(16,17)18/h3-5,10H,2,6-9H2,1H3,(H,19,20). The van der Waals surface area contributed by atoms with Crippen LogP contribution in [-0.2, 0) is 21.1 Å². The third-order valence-corrected chi connectivity index (χ3v) is 3.86. The molecule has 0 bridgehead atoms. The molecule has 0 spiro atoms. The summed E-state index contributed by atoms with van der Waals surface area (Å²) in [5.41, 5.74) is -1.25. The van der Waals surface area contributed by atoms with Gasteiger partial charge in [0.1, 0.15) is 0 Å². The molecule has 0 aromatic heterocycles. The second-order valence-corrected chi connectivity index (χ2v) is 5.13. The Kier molecular flexibility index (Phi) is 4.56. The fourth-order valence-electron chi connectivity index (χ4n) is 2.69. The van der Waals surface area contributed by atoms with E-state index in [-0.39, 0.29) is 5.91 Å². The molecule has 1 aromatic carbocycles. The summed E-state index contributed by atoms with van der Waals surface area (Å²) in [6.45, 7) is 2.97. The average Bonchev–Trinajstić information content (AvgIpc) is 2.47. The van der Waals surface area contributed by atoms with E-state index in [1.807, 2.05) is 0 Å². The van der Waals surface area contributed by atoms with Gasteiger partial charge in [0, 0.05) is 19.8 Å². The SMILES string of the molecule is CCNC(=O)C1(c2cccc(C(F)(F)F)c2)CCOCC1. The molecule has 6 heteroatoms. The van der Waals surface area contributed by atoms with Crippen molar-refractivity contribution in [2.45, 2.75) is 31.4 Å². The summed E-state index contributed by atoms with van der Waals surface area (Å²) in [5, 5.41) is 2.74. The van der Waals surface area contributed by atoms with E-state index in [1.54, 1.807) is 13.0 Å². The molecule has 0 unspecified atom stereocenters. The first-order valence-electron chi connectivity index (χ1n) is 6.94. The van der Waals surface area contributed by atoms with Gasteiger partial charge < -0.3 is 10.1 Å². The fourth-order valence-corrected chi connectivity index (χ4v) is 2.69. The first kappa shape index (κ1) is 15.8. The number of amides is 1. The Morgan fingerprint density at radius 1 is 1.33 bits per heavy atom. The molecule has 1 aliphatic heterocycles. The maximum absolute atomic E-state index is 12.9. The number of hydrogen-bond acceptors (Lipinski definition) is 2. The minimum atomic E-state index is -4.41. The topological polar surface area (TPSA) is 38.3 Å². The molecule has 3 nitrogen and oxygen atoms in total. The first-order valence-corrected chi connectivity index (χ1v) is 6.94. The van der Waals surface area contributed by atoms with Gasteiger partial charge in [0.05, 0.1) is 11.0 Å². The van der Waals surface area contributed by atoms with E-state index >= 15 is 0 Å². The average molecular weight is 301 g/mol. The van der Waals surface area contributed by atoms with Gasteiger partial charge in [-0.15, -0.1) is 0 Å². The molecule has 21 heavy (non-hydrogen) atoms. The Morgan fingerprint density at radius 2 is 2.00 bits per heavy atom. The molecular formula is C15H18F3NO2. The summed E-state index contributed by atoms with van der Waals surface area (Å²) >= 11 is 0. The Labute approximate surface area is 121 Å². The van der Waals surface area contributed by atoms with Crippen LogP contribution >= 0.6 is 0 Å².